The smallest absolute Gasteiger partial charge is 0.142 e. The number of nitrogens with zero attached hydrogens (tertiary/aromatic N) is 2. The minimum Gasteiger partial charge on any atom is -0.488 e. The Bertz CT molecular complexity index is 542. The molecular weight excluding hydrogens is 273 g/mol. The molecule has 0 bridgehead atoms. The summed E-state index contributed by atoms with van der Waals surface area (Å²) in [6, 6.07) is 4.69. The number of hydrogen-bond acceptors (Lipinski definition) is 4. The number of amidine groups is 1. The molecule has 1 unspecified atom stereocenters. The van der Waals surface area contributed by atoms with Crippen molar-refractivity contribution < 1.29 is 14.3 Å². The number of benzene rings is 1. The van der Waals surface area contributed by atoms with E-state index < -0.39 is 0 Å². The van der Waals surface area contributed by atoms with Gasteiger partial charge in [0.15, 0.2) is 0 Å². The maximum atomic E-state index is 13.2. The fraction of sp³-hybridized carbons (Fsp3) is 0.533. The number of fused-ring (bicyclic) bond motifs is 1. The lowest BCUT2D eigenvalue weighted by atomic mass is 9.95. The van der Waals surface area contributed by atoms with E-state index in [9.17, 15) is 4.39 Å². The van der Waals surface area contributed by atoms with Crippen LogP contribution >= 0.6 is 0 Å². The summed E-state index contributed by atoms with van der Waals surface area (Å²) in [5, 5.41) is 11.8. The SMILES string of the molecule is NC(=NO)C1CCN(CC2Cc3cc(F)ccc3O2)CC1. The quantitative estimate of drug-likeness (QED) is 0.384. The van der Waals surface area contributed by atoms with E-state index in [1.54, 1.807) is 12.1 Å². The predicted molar refractivity (Wildman–Crippen MR) is 77.1 cm³/mol. The van der Waals surface area contributed by atoms with Crippen molar-refractivity contribution in [1.29, 1.82) is 0 Å². The van der Waals surface area contributed by atoms with Crippen LogP contribution in [-0.2, 0) is 6.42 Å². The van der Waals surface area contributed by atoms with Crippen LogP contribution in [0.1, 0.15) is 18.4 Å². The van der Waals surface area contributed by atoms with Crippen molar-refractivity contribution >= 4 is 5.84 Å². The van der Waals surface area contributed by atoms with Crippen LogP contribution in [0.4, 0.5) is 4.39 Å². The first-order valence-corrected chi connectivity index (χ1v) is 7.30. The molecule has 0 spiro atoms. The Morgan fingerprint density at radius 3 is 2.90 bits per heavy atom. The second-order valence-electron chi connectivity index (χ2n) is 5.80. The average Bonchev–Trinajstić information content (AvgIpc) is 2.88. The van der Waals surface area contributed by atoms with Crippen LogP contribution in [-0.4, -0.2) is 41.7 Å². The second-order valence-corrected chi connectivity index (χ2v) is 5.80. The topological polar surface area (TPSA) is 71.1 Å². The van der Waals surface area contributed by atoms with Crippen LogP contribution < -0.4 is 10.5 Å². The van der Waals surface area contributed by atoms with E-state index >= 15 is 0 Å². The summed E-state index contributed by atoms with van der Waals surface area (Å²) < 4.78 is 19.1. The molecule has 1 aromatic carbocycles. The highest BCUT2D eigenvalue weighted by molar-refractivity contribution is 5.82. The van der Waals surface area contributed by atoms with Crippen LogP contribution in [0.3, 0.4) is 0 Å². The van der Waals surface area contributed by atoms with E-state index in [4.69, 9.17) is 15.7 Å². The van der Waals surface area contributed by atoms with Gasteiger partial charge in [-0.1, -0.05) is 5.16 Å². The number of halogens is 1. The van der Waals surface area contributed by atoms with Crippen molar-refractivity contribution in [2.24, 2.45) is 16.8 Å². The molecule has 5 nitrogen and oxygen atoms in total. The Kier molecular flexibility index (Phi) is 3.96. The van der Waals surface area contributed by atoms with Crippen LogP contribution in [0.25, 0.3) is 0 Å². The van der Waals surface area contributed by atoms with Gasteiger partial charge in [-0.3, -0.25) is 4.90 Å². The minimum atomic E-state index is -0.211. The third kappa shape index (κ3) is 3.10. The van der Waals surface area contributed by atoms with Gasteiger partial charge < -0.3 is 15.7 Å². The zero-order valence-corrected chi connectivity index (χ0v) is 11.8. The van der Waals surface area contributed by atoms with E-state index in [2.05, 4.69) is 10.1 Å². The van der Waals surface area contributed by atoms with Crippen LogP contribution in [0.15, 0.2) is 23.4 Å². The van der Waals surface area contributed by atoms with Crippen molar-refractivity contribution in [2.75, 3.05) is 19.6 Å². The number of hydrogen-bond donors (Lipinski definition) is 2. The molecule has 1 aromatic rings. The third-order valence-corrected chi connectivity index (χ3v) is 4.35. The summed E-state index contributed by atoms with van der Waals surface area (Å²) >= 11 is 0. The van der Waals surface area contributed by atoms with Gasteiger partial charge in [0.1, 0.15) is 23.5 Å². The molecule has 0 amide bonds. The zero-order chi connectivity index (χ0) is 14.8. The molecule has 2 heterocycles. The molecule has 2 aliphatic heterocycles. The van der Waals surface area contributed by atoms with Gasteiger partial charge in [0, 0.05) is 24.4 Å². The zero-order valence-electron chi connectivity index (χ0n) is 11.8. The van der Waals surface area contributed by atoms with Crippen LogP contribution in [0, 0.1) is 11.7 Å². The lowest BCUT2D eigenvalue weighted by Gasteiger charge is -2.32. The Hall–Kier alpha value is -1.82. The van der Waals surface area contributed by atoms with Gasteiger partial charge in [0.2, 0.25) is 0 Å². The molecule has 0 aromatic heterocycles. The van der Waals surface area contributed by atoms with Crippen molar-refractivity contribution in [3.8, 4) is 5.75 Å². The summed E-state index contributed by atoms with van der Waals surface area (Å²) in [4.78, 5) is 2.33. The second kappa shape index (κ2) is 5.89. The Morgan fingerprint density at radius 1 is 1.43 bits per heavy atom. The van der Waals surface area contributed by atoms with Crippen molar-refractivity contribution in [3.05, 3.63) is 29.6 Å². The first kappa shape index (κ1) is 14.1. The molecule has 1 atom stereocenters. The Morgan fingerprint density at radius 2 is 2.19 bits per heavy atom. The highest BCUT2D eigenvalue weighted by Gasteiger charge is 2.28. The standard InChI is InChI=1S/C15H20FN3O2/c16-12-1-2-14-11(7-12)8-13(21-14)9-19-5-3-10(4-6-19)15(17)18-20/h1-2,7,10,13,20H,3-6,8-9H2,(H2,17,18). The Balaban J connectivity index is 1.51. The molecule has 0 radical (unpaired) electrons. The molecule has 6 heteroatoms. The van der Waals surface area contributed by atoms with Gasteiger partial charge in [-0.05, 0) is 44.1 Å². The average molecular weight is 293 g/mol. The van der Waals surface area contributed by atoms with Crippen LogP contribution in [0.5, 0.6) is 5.75 Å². The van der Waals surface area contributed by atoms with E-state index in [0.717, 1.165) is 50.2 Å². The maximum Gasteiger partial charge on any atom is 0.142 e. The van der Waals surface area contributed by atoms with E-state index in [-0.39, 0.29) is 17.8 Å². The summed E-state index contributed by atoms with van der Waals surface area (Å²) in [5.41, 5.74) is 6.60. The molecule has 0 aliphatic carbocycles. The van der Waals surface area contributed by atoms with Gasteiger partial charge in [0.05, 0.1) is 0 Å². The molecule has 0 saturated carbocycles. The van der Waals surface area contributed by atoms with E-state index in [0.29, 0.717) is 5.84 Å². The molecule has 3 N–H and O–H groups in total. The summed E-state index contributed by atoms with van der Waals surface area (Å²) in [6.45, 7) is 2.65. The number of ether oxygens (including phenoxy) is 1. The fourth-order valence-corrected chi connectivity index (χ4v) is 3.17. The van der Waals surface area contributed by atoms with Crippen LogP contribution in [0.2, 0.25) is 0 Å². The van der Waals surface area contributed by atoms with E-state index in [1.165, 1.54) is 6.07 Å². The lowest BCUT2D eigenvalue weighted by Crippen LogP contribution is -2.42. The first-order chi connectivity index (χ1) is 10.2. The van der Waals surface area contributed by atoms with Gasteiger partial charge in [-0.25, -0.2) is 4.39 Å². The molecule has 3 rings (SSSR count). The molecule has 21 heavy (non-hydrogen) atoms. The number of nitrogens with two attached hydrogens (primary N) is 1. The fourth-order valence-electron chi connectivity index (χ4n) is 3.17. The Labute approximate surface area is 123 Å². The highest BCUT2D eigenvalue weighted by Crippen LogP contribution is 2.30. The maximum absolute atomic E-state index is 13.2. The summed E-state index contributed by atoms with van der Waals surface area (Å²) in [5.74, 6) is 1.09. The first-order valence-electron chi connectivity index (χ1n) is 7.30. The molecule has 114 valence electrons. The molecule has 1 saturated heterocycles. The lowest BCUT2D eigenvalue weighted by molar-refractivity contribution is 0.126. The van der Waals surface area contributed by atoms with Crippen molar-refractivity contribution in [2.45, 2.75) is 25.4 Å². The highest BCUT2D eigenvalue weighted by atomic mass is 19.1. The molecule has 2 aliphatic rings. The largest absolute Gasteiger partial charge is 0.488 e. The third-order valence-electron chi connectivity index (χ3n) is 4.35. The summed E-state index contributed by atoms with van der Waals surface area (Å²) in [7, 11) is 0. The normalized spacial score (nSPS) is 23.9. The monoisotopic (exact) mass is 293 g/mol. The number of oxime groups is 1. The van der Waals surface area contributed by atoms with Gasteiger partial charge in [0.25, 0.3) is 0 Å². The van der Waals surface area contributed by atoms with Crippen molar-refractivity contribution in [1.82, 2.24) is 4.90 Å². The van der Waals surface area contributed by atoms with Gasteiger partial charge >= 0.3 is 0 Å². The number of likely N-dealkylation sites (tertiary alicyclic amines) is 1. The number of rotatable bonds is 3. The van der Waals surface area contributed by atoms with E-state index in [1.807, 2.05) is 0 Å². The minimum absolute atomic E-state index is 0.0854. The molecular formula is C15H20FN3O2. The van der Waals surface area contributed by atoms with Crippen molar-refractivity contribution in [3.63, 3.8) is 0 Å². The van der Waals surface area contributed by atoms with Gasteiger partial charge in [-0.2, -0.15) is 0 Å². The summed E-state index contributed by atoms with van der Waals surface area (Å²) in [6.07, 6.45) is 2.63. The molecule has 1 fully saturated rings. The van der Waals surface area contributed by atoms with Gasteiger partial charge in [-0.15, -0.1) is 0 Å². The predicted octanol–water partition coefficient (Wildman–Crippen LogP) is 1.59. The number of piperidine rings is 1.